The second-order valence-electron chi connectivity index (χ2n) is 10.9. The molecule has 0 aromatic carbocycles. The average Bonchev–Trinajstić information content (AvgIpc) is 3.28. The van der Waals surface area contributed by atoms with Crippen LogP contribution in [0.1, 0.15) is 47.0 Å². The summed E-state index contributed by atoms with van der Waals surface area (Å²) in [4.78, 5) is 50.8. The number of aliphatic hydroxyl groups excluding tert-OH is 1. The lowest BCUT2D eigenvalue weighted by atomic mass is 9.76. The minimum atomic E-state index is -1.23. The Labute approximate surface area is 205 Å². The van der Waals surface area contributed by atoms with Crippen LogP contribution in [0.4, 0.5) is 10.6 Å². The van der Waals surface area contributed by atoms with E-state index in [2.05, 4.69) is 15.3 Å². The summed E-state index contributed by atoms with van der Waals surface area (Å²) in [6, 6.07) is 1.43. The van der Waals surface area contributed by atoms with E-state index < -0.39 is 29.1 Å². The number of aromatic nitrogens is 2. The molecule has 1 aromatic heterocycles. The van der Waals surface area contributed by atoms with Gasteiger partial charge in [0.2, 0.25) is 11.8 Å². The predicted molar refractivity (Wildman–Crippen MR) is 125 cm³/mol. The van der Waals surface area contributed by atoms with Crippen molar-refractivity contribution in [2.24, 2.45) is 11.3 Å². The Bertz CT molecular complexity index is 953. The van der Waals surface area contributed by atoms with Crippen LogP contribution in [-0.2, 0) is 19.1 Å². The van der Waals surface area contributed by atoms with Gasteiger partial charge in [0.05, 0.1) is 29.6 Å². The molecule has 0 spiro atoms. The maximum Gasteiger partial charge on any atom is 0.410 e. The molecule has 11 heteroatoms. The highest BCUT2D eigenvalue weighted by atomic mass is 16.6. The first-order valence-corrected chi connectivity index (χ1v) is 12.1. The standard InChI is InChI=1S/C24H35N5O6/c1-23(2,3)35-22(33)28-9-6-18(30)24(4,13-28)21(32)29-12-15(11-17-16(29)7-10-34-17)20(31)27-19-5-8-25-14-26-19/h5,8,14-18,30H,6-7,9-13H2,1-4H3,(H,25,26,27,31)/t15-,16+,17-,18+,24+/m0/s1. The van der Waals surface area contributed by atoms with Gasteiger partial charge in [-0.15, -0.1) is 0 Å². The quantitative estimate of drug-likeness (QED) is 0.651. The zero-order valence-corrected chi connectivity index (χ0v) is 20.8. The third kappa shape index (κ3) is 5.40. The largest absolute Gasteiger partial charge is 0.444 e. The van der Waals surface area contributed by atoms with Gasteiger partial charge in [0, 0.05) is 32.4 Å². The number of amides is 3. The average molecular weight is 490 g/mol. The van der Waals surface area contributed by atoms with Crippen molar-refractivity contribution in [2.45, 2.75) is 70.8 Å². The molecule has 3 amide bonds. The first-order chi connectivity index (χ1) is 16.5. The molecule has 0 saturated carbocycles. The SMILES string of the molecule is CC(C)(C)OC(=O)N1CC[C@@H](O)[C@](C)(C(=O)N2C[C@@H](C(=O)Nc3ccncn3)C[C@@H]3OCC[C@H]32)C1. The molecule has 0 bridgehead atoms. The van der Waals surface area contributed by atoms with Gasteiger partial charge in [-0.3, -0.25) is 9.59 Å². The molecule has 0 radical (unpaired) electrons. The number of carbonyl (C=O) groups is 3. The smallest absolute Gasteiger partial charge is 0.410 e. The van der Waals surface area contributed by atoms with Gasteiger partial charge in [-0.25, -0.2) is 14.8 Å². The molecule has 3 aliphatic rings. The molecule has 3 saturated heterocycles. The van der Waals surface area contributed by atoms with Crippen LogP contribution in [0.15, 0.2) is 18.6 Å². The van der Waals surface area contributed by atoms with E-state index in [1.807, 2.05) is 0 Å². The zero-order valence-electron chi connectivity index (χ0n) is 20.8. The third-order valence-electron chi connectivity index (χ3n) is 7.04. The van der Waals surface area contributed by atoms with Crippen LogP contribution in [0.3, 0.4) is 0 Å². The fourth-order valence-electron chi connectivity index (χ4n) is 5.16. The minimum absolute atomic E-state index is 0.0362. The lowest BCUT2D eigenvalue weighted by molar-refractivity contribution is -0.161. The normalized spacial score (nSPS) is 31.0. The van der Waals surface area contributed by atoms with E-state index in [1.54, 1.807) is 38.7 Å². The van der Waals surface area contributed by atoms with Crippen molar-refractivity contribution in [3.05, 3.63) is 18.6 Å². The number of piperidine rings is 2. The molecular weight excluding hydrogens is 454 g/mol. The minimum Gasteiger partial charge on any atom is -0.444 e. The van der Waals surface area contributed by atoms with Crippen LogP contribution in [0.25, 0.3) is 0 Å². The number of likely N-dealkylation sites (tertiary alicyclic amines) is 2. The summed E-state index contributed by atoms with van der Waals surface area (Å²) < 4.78 is 11.4. The number of ether oxygens (including phenoxy) is 2. The Kier molecular flexibility index (Phi) is 7.01. The summed E-state index contributed by atoms with van der Waals surface area (Å²) in [6.07, 6.45) is 2.61. The summed E-state index contributed by atoms with van der Waals surface area (Å²) >= 11 is 0. The summed E-state index contributed by atoms with van der Waals surface area (Å²) in [5.74, 6) is -0.641. The number of nitrogens with zero attached hydrogens (tertiary/aromatic N) is 4. The molecule has 4 rings (SSSR count). The monoisotopic (exact) mass is 489 g/mol. The number of rotatable bonds is 3. The molecule has 3 fully saturated rings. The van der Waals surface area contributed by atoms with Crippen molar-refractivity contribution in [1.82, 2.24) is 19.8 Å². The first-order valence-electron chi connectivity index (χ1n) is 12.1. The highest BCUT2D eigenvalue weighted by Gasteiger charge is 2.53. The molecule has 2 N–H and O–H groups in total. The molecule has 0 aliphatic carbocycles. The second-order valence-corrected chi connectivity index (χ2v) is 10.9. The number of anilines is 1. The Morgan fingerprint density at radius 2 is 2.06 bits per heavy atom. The lowest BCUT2D eigenvalue weighted by Gasteiger charge is -2.48. The predicted octanol–water partition coefficient (Wildman–Crippen LogP) is 1.43. The third-order valence-corrected chi connectivity index (χ3v) is 7.04. The molecule has 1 aromatic rings. The summed E-state index contributed by atoms with van der Waals surface area (Å²) in [7, 11) is 0. The zero-order chi connectivity index (χ0) is 25.4. The summed E-state index contributed by atoms with van der Waals surface area (Å²) in [5.41, 5.74) is -1.90. The van der Waals surface area contributed by atoms with Gasteiger partial charge in [0.25, 0.3) is 0 Å². The number of hydrogen-bond donors (Lipinski definition) is 2. The topological polar surface area (TPSA) is 134 Å². The molecular formula is C24H35N5O6. The summed E-state index contributed by atoms with van der Waals surface area (Å²) in [6.45, 7) is 8.09. The Morgan fingerprint density at radius 3 is 2.74 bits per heavy atom. The number of aliphatic hydroxyl groups is 1. The fraction of sp³-hybridized carbons (Fsp3) is 0.708. The molecule has 3 aliphatic heterocycles. The van der Waals surface area contributed by atoms with Crippen LogP contribution in [0, 0.1) is 11.3 Å². The molecule has 0 unspecified atom stereocenters. The number of nitrogens with one attached hydrogen (secondary N) is 1. The number of hydrogen-bond acceptors (Lipinski definition) is 8. The molecule has 192 valence electrons. The maximum atomic E-state index is 14.0. The Morgan fingerprint density at radius 1 is 1.29 bits per heavy atom. The van der Waals surface area contributed by atoms with Gasteiger partial charge in [-0.2, -0.15) is 0 Å². The van der Waals surface area contributed by atoms with Crippen LogP contribution >= 0.6 is 0 Å². The van der Waals surface area contributed by atoms with Crippen molar-refractivity contribution in [1.29, 1.82) is 0 Å². The number of carbonyl (C=O) groups excluding carboxylic acids is 3. The Hall–Kier alpha value is -2.79. The van der Waals surface area contributed by atoms with E-state index >= 15 is 0 Å². The van der Waals surface area contributed by atoms with Crippen molar-refractivity contribution in [3.8, 4) is 0 Å². The van der Waals surface area contributed by atoms with E-state index in [0.717, 1.165) is 0 Å². The second kappa shape index (κ2) is 9.69. The van der Waals surface area contributed by atoms with E-state index in [0.29, 0.717) is 31.8 Å². The van der Waals surface area contributed by atoms with Crippen LogP contribution in [0.5, 0.6) is 0 Å². The van der Waals surface area contributed by atoms with E-state index in [1.165, 1.54) is 17.4 Å². The van der Waals surface area contributed by atoms with Gasteiger partial charge in [-0.1, -0.05) is 0 Å². The van der Waals surface area contributed by atoms with Gasteiger partial charge < -0.3 is 29.7 Å². The van der Waals surface area contributed by atoms with E-state index in [-0.39, 0.29) is 43.5 Å². The van der Waals surface area contributed by atoms with Crippen molar-refractivity contribution in [3.63, 3.8) is 0 Å². The Balaban J connectivity index is 1.52. The highest BCUT2D eigenvalue weighted by Crippen LogP contribution is 2.38. The van der Waals surface area contributed by atoms with Crippen molar-refractivity contribution >= 4 is 23.7 Å². The number of fused-ring (bicyclic) bond motifs is 1. The lowest BCUT2D eigenvalue weighted by Crippen LogP contribution is -2.64. The van der Waals surface area contributed by atoms with Gasteiger partial charge in [-0.05, 0) is 53.0 Å². The highest BCUT2D eigenvalue weighted by molar-refractivity contribution is 5.93. The van der Waals surface area contributed by atoms with Crippen LogP contribution in [-0.4, -0.2) is 92.9 Å². The van der Waals surface area contributed by atoms with E-state index in [4.69, 9.17) is 9.47 Å². The van der Waals surface area contributed by atoms with E-state index in [9.17, 15) is 19.5 Å². The van der Waals surface area contributed by atoms with Gasteiger partial charge >= 0.3 is 6.09 Å². The van der Waals surface area contributed by atoms with Gasteiger partial charge in [0.1, 0.15) is 17.7 Å². The fourth-order valence-corrected chi connectivity index (χ4v) is 5.16. The van der Waals surface area contributed by atoms with Crippen LogP contribution in [0.2, 0.25) is 0 Å². The molecule has 5 atom stereocenters. The van der Waals surface area contributed by atoms with Crippen LogP contribution < -0.4 is 5.32 Å². The molecule has 11 nitrogen and oxygen atoms in total. The first kappa shape index (κ1) is 25.3. The van der Waals surface area contributed by atoms with Crippen molar-refractivity contribution < 1.29 is 29.0 Å². The maximum absolute atomic E-state index is 14.0. The molecule has 35 heavy (non-hydrogen) atoms. The van der Waals surface area contributed by atoms with Gasteiger partial charge in [0.15, 0.2) is 0 Å². The molecule has 4 heterocycles. The summed E-state index contributed by atoms with van der Waals surface area (Å²) in [5, 5.41) is 13.7. The van der Waals surface area contributed by atoms with Crippen molar-refractivity contribution in [2.75, 3.05) is 31.6 Å².